The maximum Gasteiger partial charge on any atom is 0.123 e. The molecule has 1 unspecified atom stereocenters. The highest BCUT2D eigenvalue weighted by Gasteiger charge is 2.15. The molecule has 0 aliphatic rings. The van der Waals surface area contributed by atoms with Crippen LogP contribution in [0.1, 0.15) is 30.6 Å². The molecule has 0 bridgehead atoms. The molecule has 1 aromatic carbocycles. The molecule has 0 aromatic heterocycles. The molecular weight excluding hydrogens is 233 g/mol. The van der Waals surface area contributed by atoms with E-state index in [4.69, 9.17) is 5.11 Å². The van der Waals surface area contributed by atoms with E-state index in [0.717, 1.165) is 24.1 Å². The van der Waals surface area contributed by atoms with E-state index in [2.05, 4.69) is 6.92 Å². The van der Waals surface area contributed by atoms with Crippen LogP contribution in [0.2, 0.25) is 0 Å². The summed E-state index contributed by atoms with van der Waals surface area (Å²) >= 11 is 0. The van der Waals surface area contributed by atoms with Crippen molar-refractivity contribution in [3.8, 4) is 0 Å². The quantitative estimate of drug-likeness (QED) is 0.781. The molecule has 0 spiro atoms. The van der Waals surface area contributed by atoms with Crippen molar-refractivity contribution >= 4 is 0 Å². The Bertz CT molecular complexity index is 365. The number of rotatable bonds is 7. The van der Waals surface area contributed by atoms with E-state index in [-0.39, 0.29) is 12.4 Å². The average molecular weight is 255 g/mol. The van der Waals surface area contributed by atoms with Gasteiger partial charge in [-0.15, -0.1) is 0 Å². The summed E-state index contributed by atoms with van der Waals surface area (Å²) in [4.78, 5) is 2.01. The fraction of sp³-hybridized carbons (Fsp3) is 0.571. The third-order valence-electron chi connectivity index (χ3n) is 2.98. The van der Waals surface area contributed by atoms with Crippen LogP contribution in [0, 0.1) is 12.7 Å². The first-order valence-electron chi connectivity index (χ1n) is 6.35. The molecule has 0 fully saturated rings. The number of hydrogen-bond acceptors (Lipinski definition) is 3. The molecular formula is C14H22FNO2. The minimum Gasteiger partial charge on any atom is -0.395 e. The number of aliphatic hydroxyl groups excluding tert-OH is 2. The second kappa shape index (κ2) is 7.46. The summed E-state index contributed by atoms with van der Waals surface area (Å²) in [7, 11) is 0. The molecule has 18 heavy (non-hydrogen) atoms. The molecule has 1 aromatic rings. The van der Waals surface area contributed by atoms with Crippen LogP contribution in [-0.4, -0.2) is 41.4 Å². The Balaban J connectivity index is 2.70. The molecule has 102 valence electrons. The highest BCUT2D eigenvalue weighted by molar-refractivity contribution is 5.28. The summed E-state index contributed by atoms with van der Waals surface area (Å²) in [5, 5.41) is 19.1. The number of hydrogen-bond donors (Lipinski definition) is 2. The van der Waals surface area contributed by atoms with Crippen molar-refractivity contribution < 1.29 is 14.6 Å². The van der Waals surface area contributed by atoms with E-state index in [9.17, 15) is 9.50 Å². The molecule has 4 heteroatoms. The van der Waals surface area contributed by atoms with E-state index in [1.165, 1.54) is 12.1 Å². The molecule has 0 heterocycles. The number of halogens is 1. The largest absolute Gasteiger partial charge is 0.395 e. The molecule has 1 rings (SSSR count). The number of nitrogens with zero attached hydrogens (tertiary/aromatic N) is 1. The third-order valence-corrected chi connectivity index (χ3v) is 2.98. The number of aryl methyl sites for hydroxylation is 1. The van der Waals surface area contributed by atoms with E-state index in [1.807, 2.05) is 4.90 Å². The van der Waals surface area contributed by atoms with Crippen LogP contribution in [0.15, 0.2) is 18.2 Å². The highest BCUT2D eigenvalue weighted by atomic mass is 19.1. The van der Waals surface area contributed by atoms with Gasteiger partial charge in [-0.2, -0.15) is 0 Å². The summed E-state index contributed by atoms with van der Waals surface area (Å²) in [5.74, 6) is -0.288. The Morgan fingerprint density at radius 1 is 1.33 bits per heavy atom. The van der Waals surface area contributed by atoms with Crippen LogP contribution in [0.5, 0.6) is 0 Å². The van der Waals surface area contributed by atoms with Gasteiger partial charge in [0.1, 0.15) is 5.82 Å². The van der Waals surface area contributed by atoms with Crippen molar-refractivity contribution in [2.24, 2.45) is 0 Å². The van der Waals surface area contributed by atoms with Crippen LogP contribution in [0.3, 0.4) is 0 Å². The van der Waals surface area contributed by atoms with Crippen molar-refractivity contribution in [1.29, 1.82) is 0 Å². The highest BCUT2D eigenvalue weighted by Crippen LogP contribution is 2.19. The SMILES string of the molecule is CCCN(CCO)CC(O)c1ccc(F)cc1C. The normalized spacial score (nSPS) is 13.0. The van der Waals surface area contributed by atoms with Gasteiger partial charge in [-0.05, 0) is 43.1 Å². The monoisotopic (exact) mass is 255 g/mol. The average Bonchev–Trinajstić information content (AvgIpc) is 2.29. The zero-order chi connectivity index (χ0) is 13.5. The molecule has 0 aliphatic carbocycles. The molecule has 0 radical (unpaired) electrons. The maximum absolute atomic E-state index is 13.0. The predicted octanol–water partition coefficient (Wildman–Crippen LogP) is 1.87. The lowest BCUT2D eigenvalue weighted by atomic mass is 10.0. The van der Waals surface area contributed by atoms with Gasteiger partial charge < -0.3 is 10.2 Å². The second-order valence-electron chi connectivity index (χ2n) is 4.54. The van der Waals surface area contributed by atoms with Crippen LogP contribution in [0.25, 0.3) is 0 Å². The van der Waals surface area contributed by atoms with Gasteiger partial charge in [0, 0.05) is 13.1 Å². The Kier molecular flexibility index (Phi) is 6.25. The zero-order valence-corrected chi connectivity index (χ0v) is 11.1. The topological polar surface area (TPSA) is 43.7 Å². The Hall–Kier alpha value is -0.970. The van der Waals surface area contributed by atoms with Crippen molar-refractivity contribution in [3.63, 3.8) is 0 Å². The van der Waals surface area contributed by atoms with Crippen molar-refractivity contribution in [2.45, 2.75) is 26.4 Å². The fourth-order valence-electron chi connectivity index (χ4n) is 2.11. The molecule has 0 amide bonds. The Labute approximate surface area is 108 Å². The van der Waals surface area contributed by atoms with E-state index >= 15 is 0 Å². The lowest BCUT2D eigenvalue weighted by molar-refractivity contribution is 0.0994. The Morgan fingerprint density at radius 2 is 2.06 bits per heavy atom. The zero-order valence-electron chi connectivity index (χ0n) is 11.1. The Morgan fingerprint density at radius 3 is 2.61 bits per heavy atom. The van der Waals surface area contributed by atoms with Crippen LogP contribution < -0.4 is 0 Å². The molecule has 0 aliphatic heterocycles. The summed E-state index contributed by atoms with van der Waals surface area (Å²) in [5.41, 5.74) is 1.50. The van der Waals surface area contributed by atoms with Crippen LogP contribution in [0.4, 0.5) is 4.39 Å². The first-order chi connectivity index (χ1) is 8.58. The summed E-state index contributed by atoms with van der Waals surface area (Å²) < 4.78 is 13.0. The number of aliphatic hydroxyl groups is 2. The first-order valence-corrected chi connectivity index (χ1v) is 6.35. The van der Waals surface area contributed by atoms with Crippen LogP contribution in [-0.2, 0) is 0 Å². The van der Waals surface area contributed by atoms with Gasteiger partial charge in [-0.25, -0.2) is 4.39 Å². The molecule has 2 N–H and O–H groups in total. The minimum absolute atomic E-state index is 0.0785. The van der Waals surface area contributed by atoms with Crippen LogP contribution >= 0.6 is 0 Å². The smallest absolute Gasteiger partial charge is 0.123 e. The van der Waals surface area contributed by atoms with Gasteiger partial charge in [-0.1, -0.05) is 13.0 Å². The van der Waals surface area contributed by atoms with Gasteiger partial charge in [0.2, 0.25) is 0 Å². The molecule has 1 atom stereocenters. The minimum atomic E-state index is -0.649. The van der Waals surface area contributed by atoms with Crippen molar-refractivity contribution in [2.75, 3.05) is 26.2 Å². The predicted molar refractivity (Wildman–Crippen MR) is 69.9 cm³/mol. The van der Waals surface area contributed by atoms with Gasteiger partial charge in [0.15, 0.2) is 0 Å². The summed E-state index contributed by atoms with van der Waals surface area (Å²) in [6.07, 6.45) is 0.318. The standard InChI is InChI=1S/C14H22FNO2/c1-3-6-16(7-8-17)10-14(18)13-5-4-12(15)9-11(13)2/h4-5,9,14,17-18H,3,6-8,10H2,1-2H3. The van der Waals surface area contributed by atoms with Crippen molar-refractivity contribution in [3.05, 3.63) is 35.1 Å². The molecule has 0 saturated heterocycles. The second-order valence-corrected chi connectivity index (χ2v) is 4.54. The van der Waals surface area contributed by atoms with E-state index in [1.54, 1.807) is 13.0 Å². The maximum atomic E-state index is 13.0. The van der Waals surface area contributed by atoms with Gasteiger partial charge in [0.05, 0.1) is 12.7 Å². The molecule has 0 saturated carbocycles. The number of benzene rings is 1. The lowest BCUT2D eigenvalue weighted by Crippen LogP contribution is -2.32. The first kappa shape index (κ1) is 15.1. The van der Waals surface area contributed by atoms with E-state index < -0.39 is 6.10 Å². The summed E-state index contributed by atoms with van der Waals surface area (Å²) in [6, 6.07) is 4.41. The lowest BCUT2D eigenvalue weighted by Gasteiger charge is -2.24. The fourth-order valence-corrected chi connectivity index (χ4v) is 2.11. The third kappa shape index (κ3) is 4.37. The summed E-state index contributed by atoms with van der Waals surface area (Å²) in [6.45, 7) is 5.76. The van der Waals surface area contributed by atoms with Gasteiger partial charge >= 0.3 is 0 Å². The van der Waals surface area contributed by atoms with Gasteiger partial charge in [-0.3, -0.25) is 4.90 Å². The van der Waals surface area contributed by atoms with Crippen molar-refractivity contribution in [1.82, 2.24) is 4.90 Å². The van der Waals surface area contributed by atoms with Gasteiger partial charge in [0.25, 0.3) is 0 Å². The molecule has 3 nitrogen and oxygen atoms in total. The van der Waals surface area contributed by atoms with E-state index in [0.29, 0.717) is 13.1 Å².